The average molecular weight is 326 g/mol. The zero-order valence-corrected chi connectivity index (χ0v) is 13.6. The summed E-state index contributed by atoms with van der Waals surface area (Å²) in [7, 11) is 0. The van der Waals surface area contributed by atoms with Gasteiger partial charge in [-0.05, 0) is 37.5 Å². The van der Waals surface area contributed by atoms with Crippen LogP contribution in [0.1, 0.15) is 31.0 Å². The van der Waals surface area contributed by atoms with Crippen LogP contribution in [0.5, 0.6) is 0 Å². The topological polar surface area (TPSA) is 89.1 Å². The highest BCUT2D eigenvalue weighted by Crippen LogP contribution is 2.27. The number of nitrogens with two attached hydrogens (primary N) is 1. The SMILES string of the molecule is Cc1cc(C#CC2CC2)ccc1/C(C=NCC1CNC(=O)O1)=N/N.[HH]. The maximum atomic E-state index is 11.0. The molecule has 1 amide bonds. The van der Waals surface area contributed by atoms with Gasteiger partial charge in [-0.1, -0.05) is 17.9 Å². The molecule has 1 aliphatic heterocycles. The van der Waals surface area contributed by atoms with Gasteiger partial charge in [-0.15, -0.1) is 0 Å². The molecule has 1 unspecified atom stereocenters. The fourth-order valence-electron chi connectivity index (χ4n) is 2.40. The first-order chi connectivity index (χ1) is 11.7. The van der Waals surface area contributed by atoms with E-state index >= 15 is 0 Å². The third-order valence-corrected chi connectivity index (χ3v) is 3.91. The number of hydrogen-bond donors (Lipinski definition) is 2. The van der Waals surface area contributed by atoms with Crippen LogP contribution in [-0.4, -0.2) is 37.2 Å². The number of amides is 1. The molecule has 2 fully saturated rings. The molecule has 1 aliphatic carbocycles. The number of carbonyl (C=O) groups excluding carboxylic acids is 1. The standard InChI is InChI=1S/C18H20N4O2.H2/c1-12-8-14(5-4-13-2-3-13)6-7-16(12)17(22-19)11-20-9-15-10-21-18(23)24-15;/h6-8,11,13,15H,2-3,9-10,19H2,1H3,(H,21,23);1H/b20-11?,22-17+;. The normalized spacial score (nSPS) is 20.5. The van der Waals surface area contributed by atoms with E-state index in [1.54, 1.807) is 6.21 Å². The van der Waals surface area contributed by atoms with Crippen LogP contribution < -0.4 is 11.2 Å². The summed E-state index contributed by atoms with van der Waals surface area (Å²) < 4.78 is 5.02. The summed E-state index contributed by atoms with van der Waals surface area (Å²) in [6.07, 6.45) is 3.41. The zero-order valence-electron chi connectivity index (χ0n) is 13.6. The Balaban J connectivity index is 0.00000225. The van der Waals surface area contributed by atoms with Crippen molar-refractivity contribution in [3.8, 4) is 11.8 Å². The third-order valence-electron chi connectivity index (χ3n) is 3.91. The van der Waals surface area contributed by atoms with E-state index in [-0.39, 0.29) is 7.53 Å². The number of carbonyl (C=O) groups is 1. The maximum Gasteiger partial charge on any atom is 0.407 e. The number of nitrogens with zero attached hydrogens (tertiary/aromatic N) is 2. The van der Waals surface area contributed by atoms with Crippen LogP contribution in [0.25, 0.3) is 0 Å². The molecule has 1 saturated carbocycles. The lowest BCUT2D eigenvalue weighted by atomic mass is 10.0. The molecule has 6 nitrogen and oxygen atoms in total. The number of alkyl carbamates (subject to hydrolysis) is 1. The summed E-state index contributed by atoms with van der Waals surface area (Å²) in [4.78, 5) is 15.2. The van der Waals surface area contributed by atoms with E-state index in [1.807, 2.05) is 25.1 Å². The number of aliphatic imine (C=N–C) groups is 1. The minimum absolute atomic E-state index is 0. The van der Waals surface area contributed by atoms with Crippen LogP contribution in [0, 0.1) is 24.7 Å². The largest absolute Gasteiger partial charge is 0.442 e. The van der Waals surface area contributed by atoms with Crippen LogP contribution in [0.2, 0.25) is 0 Å². The molecule has 0 aromatic heterocycles. The lowest BCUT2D eigenvalue weighted by Crippen LogP contribution is -2.18. The van der Waals surface area contributed by atoms with E-state index in [0.29, 0.717) is 24.7 Å². The first kappa shape index (κ1) is 16.1. The van der Waals surface area contributed by atoms with Gasteiger partial charge in [-0.3, -0.25) is 4.99 Å². The van der Waals surface area contributed by atoms with Crippen molar-refractivity contribution in [2.45, 2.75) is 25.9 Å². The van der Waals surface area contributed by atoms with Crippen molar-refractivity contribution in [2.75, 3.05) is 13.1 Å². The molecular weight excluding hydrogens is 304 g/mol. The van der Waals surface area contributed by atoms with Crippen molar-refractivity contribution >= 4 is 18.0 Å². The summed E-state index contributed by atoms with van der Waals surface area (Å²) in [5, 5.41) is 6.41. The second kappa shape index (κ2) is 7.18. The number of nitrogens with one attached hydrogen (secondary N) is 1. The minimum Gasteiger partial charge on any atom is -0.442 e. The van der Waals surface area contributed by atoms with E-state index in [1.165, 1.54) is 12.8 Å². The van der Waals surface area contributed by atoms with E-state index in [0.717, 1.165) is 16.7 Å². The predicted octanol–water partition coefficient (Wildman–Crippen LogP) is 1.84. The average Bonchev–Trinajstić information content (AvgIpc) is 3.31. The lowest BCUT2D eigenvalue weighted by molar-refractivity contribution is 0.144. The number of benzene rings is 1. The Morgan fingerprint density at radius 3 is 3.00 bits per heavy atom. The number of aryl methyl sites for hydroxylation is 1. The summed E-state index contributed by atoms with van der Waals surface area (Å²) in [5.74, 6) is 12.5. The first-order valence-electron chi connectivity index (χ1n) is 8.00. The van der Waals surface area contributed by atoms with Gasteiger partial charge < -0.3 is 15.9 Å². The Hall–Kier alpha value is -2.81. The van der Waals surface area contributed by atoms with E-state index in [4.69, 9.17) is 10.6 Å². The lowest BCUT2D eigenvalue weighted by Gasteiger charge is -2.06. The molecule has 1 saturated heterocycles. The minimum atomic E-state index is -0.401. The second-order valence-corrected chi connectivity index (χ2v) is 5.99. The Kier molecular flexibility index (Phi) is 4.80. The van der Waals surface area contributed by atoms with E-state index in [9.17, 15) is 4.79 Å². The van der Waals surface area contributed by atoms with E-state index in [2.05, 4.69) is 27.3 Å². The summed E-state index contributed by atoms with van der Waals surface area (Å²) in [6, 6.07) is 5.97. The van der Waals surface area contributed by atoms with Crippen LogP contribution in [0.15, 0.2) is 28.3 Å². The summed E-state index contributed by atoms with van der Waals surface area (Å²) >= 11 is 0. The van der Waals surface area contributed by atoms with Crippen LogP contribution in [-0.2, 0) is 4.74 Å². The smallest absolute Gasteiger partial charge is 0.407 e. The van der Waals surface area contributed by atoms with Crippen molar-refractivity contribution < 1.29 is 11.0 Å². The molecule has 126 valence electrons. The summed E-state index contributed by atoms with van der Waals surface area (Å²) in [5.41, 5.74) is 3.55. The van der Waals surface area contributed by atoms with Crippen molar-refractivity contribution in [1.29, 1.82) is 0 Å². The fourth-order valence-corrected chi connectivity index (χ4v) is 2.40. The highest BCUT2D eigenvalue weighted by Gasteiger charge is 2.21. The molecular formula is C18H22N4O2. The highest BCUT2D eigenvalue weighted by atomic mass is 16.6. The highest BCUT2D eigenvalue weighted by molar-refractivity contribution is 6.38. The van der Waals surface area contributed by atoms with Gasteiger partial charge in [0, 0.05) is 24.7 Å². The molecule has 1 heterocycles. The van der Waals surface area contributed by atoms with Crippen molar-refractivity contribution in [1.82, 2.24) is 5.32 Å². The number of cyclic esters (lactones) is 1. The van der Waals surface area contributed by atoms with Crippen molar-refractivity contribution in [2.24, 2.45) is 21.9 Å². The Morgan fingerprint density at radius 2 is 2.38 bits per heavy atom. The molecule has 24 heavy (non-hydrogen) atoms. The Labute approximate surface area is 142 Å². The number of ether oxygens (including phenoxy) is 1. The van der Waals surface area contributed by atoms with Gasteiger partial charge in [0.05, 0.1) is 13.1 Å². The molecule has 3 rings (SSSR count). The monoisotopic (exact) mass is 326 g/mol. The van der Waals surface area contributed by atoms with Gasteiger partial charge in [0.2, 0.25) is 0 Å². The van der Waals surface area contributed by atoms with Crippen LogP contribution in [0.4, 0.5) is 4.79 Å². The van der Waals surface area contributed by atoms with Crippen molar-refractivity contribution in [3.63, 3.8) is 0 Å². The number of rotatable bonds is 4. The molecule has 1 aromatic rings. The Bertz CT molecular complexity index is 760. The number of hydrazone groups is 1. The van der Waals surface area contributed by atoms with Crippen LogP contribution in [0.3, 0.4) is 0 Å². The quantitative estimate of drug-likeness (QED) is 0.383. The van der Waals surface area contributed by atoms with Gasteiger partial charge >= 0.3 is 6.09 Å². The molecule has 0 spiro atoms. The second-order valence-electron chi connectivity index (χ2n) is 5.99. The van der Waals surface area contributed by atoms with Gasteiger partial charge in [-0.25, -0.2) is 4.79 Å². The zero-order chi connectivity index (χ0) is 16.9. The molecule has 0 radical (unpaired) electrons. The fraction of sp³-hybridized carbons (Fsp3) is 0.389. The van der Waals surface area contributed by atoms with Crippen LogP contribution >= 0.6 is 0 Å². The maximum absolute atomic E-state index is 11.0. The molecule has 3 N–H and O–H groups in total. The van der Waals surface area contributed by atoms with E-state index < -0.39 is 6.09 Å². The Morgan fingerprint density at radius 1 is 1.54 bits per heavy atom. The molecule has 1 atom stereocenters. The van der Waals surface area contributed by atoms with Gasteiger partial charge in [0.15, 0.2) is 0 Å². The molecule has 6 heteroatoms. The van der Waals surface area contributed by atoms with Crippen molar-refractivity contribution in [3.05, 3.63) is 34.9 Å². The molecule has 1 aromatic carbocycles. The molecule has 2 aliphatic rings. The predicted molar refractivity (Wildman–Crippen MR) is 95.3 cm³/mol. The van der Waals surface area contributed by atoms with Gasteiger partial charge in [0.25, 0.3) is 0 Å². The number of hydrogen-bond acceptors (Lipinski definition) is 5. The third kappa shape index (κ3) is 4.13. The van der Waals surface area contributed by atoms with Gasteiger partial charge in [-0.2, -0.15) is 5.10 Å². The molecule has 0 bridgehead atoms. The summed E-state index contributed by atoms with van der Waals surface area (Å²) in [6.45, 7) is 2.85. The van der Waals surface area contributed by atoms with Gasteiger partial charge in [0.1, 0.15) is 11.8 Å². The first-order valence-corrected chi connectivity index (χ1v) is 8.00.